The number of benzene rings is 1. The van der Waals surface area contributed by atoms with Crippen molar-refractivity contribution in [3.63, 3.8) is 0 Å². The number of nitrogens with zero attached hydrogens (tertiary/aromatic N) is 2. The fourth-order valence-electron chi connectivity index (χ4n) is 2.76. The summed E-state index contributed by atoms with van der Waals surface area (Å²) in [4.78, 5) is 4.75. The highest BCUT2D eigenvalue weighted by Gasteiger charge is 2.21. The number of sulfone groups is 1. The second kappa shape index (κ2) is 5.61. The van der Waals surface area contributed by atoms with E-state index < -0.39 is 9.84 Å². The predicted molar refractivity (Wildman–Crippen MR) is 84.4 cm³/mol. The van der Waals surface area contributed by atoms with Gasteiger partial charge in [0.2, 0.25) is 0 Å². The van der Waals surface area contributed by atoms with Gasteiger partial charge in [0, 0.05) is 12.8 Å². The molecule has 0 bridgehead atoms. The summed E-state index contributed by atoms with van der Waals surface area (Å²) in [5.74, 6) is 1.94. The average molecular weight is 327 g/mol. The Hall–Kier alpha value is -1.07. The molecule has 3 rings (SSSR count). The van der Waals surface area contributed by atoms with E-state index >= 15 is 0 Å². The molecule has 6 heteroatoms. The number of imidazole rings is 1. The first-order chi connectivity index (χ1) is 10.0. The van der Waals surface area contributed by atoms with Crippen LogP contribution in [0.4, 0.5) is 0 Å². The SMILES string of the molecule is CS(=O)(=O)c1cccc2c1nc(CCl)n2CCCC1CC1. The van der Waals surface area contributed by atoms with E-state index in [0.29, 0.717) is 11.4 Å². The Balaban J connectivity index is 2.01. The molecular formula is C15H19ClN2O2S. The van der Waals surface area contributed by atoms with Crippen molar-refractivity contribution in [1.82, 2.24) is 9.55 Å². The molecule has 1 aliphatic carbocycles. The zero-order valence-electron chi connectivity index (χ0n) is 12.0. The molecule has 2 aromatic rings. The molecule has 114 valence electrons. The lowest BCUT2D eigenvalue weighted by molar-refractivity contribution is 0.576. The minimum atomic E-state index is -3.28. The van der Waals surface area contributed by atoms with Gasteiger partial charge in [0.25, 0.3) is 0 Å². The largest absolute Gasteiger partial charge is 0.327 e. The van der Waals surface area contributed by atoms with E-state index in [1.807, 2.05) is 6.07 Å². The van der Waals surface area contributed by atoms with Crippen LogP contribution < -0.4 is 0 Å². The highest BCUT2D eigenvalue weighted by Crippen LogP contribution is 2.34. The van der Waals surface area contributed by atoms with Crippen LogP contribution in [-0.2, 0) is 22.3 Å². The van der Waals surface area contributed by atoms with Crippen LogP contribution in [0, 0.1) is 5.92 Å². The van der Waals surface area contributed by atoms with E-state index in [2.05, 4.69) is 9.55 Å². The van der Waals surface area contributed by atoms with Crippen LogP contribution in [0.5, 0.6) is 0 Å². The van der Waals surface area contributed by atoms with Crippen LogP contribution in [0.3, 0.4) is 0 Å². The quantitative estimate of drug-likeness (QED) is 0.765. The van der Waals surface area contributed by atoms with Gasteiger partial charge in [0.05, 0.1) is 16.3 Å². The number of hydrogen-bond acceptors (Lipinski definition) is 3. The summed E-state index contributed by atoms with van der Waals surface area (Å²) in [6.07, 6.45) is 6.24. The van der Waals surface area contributed by atoms with Gasteiger partial charge in [-0.15, -0.1) is 11.6 Å². The summed E-state index contributed by atoms with van der Waals surface area (Å²) in [7, 11) is -3.28. The lowest BCUT2D eigenvalue weighted by Crippen LogP contribution is -2.03. The molecule has 0 unspecified atom stereocenters. The van der Waals surface area contributed by atoms with Gasteiger partial charge >= 0.3 is 0 Å². The van der Waals surface area contributed by atoms with E-state index in [1.54, 1.807) is 12.1 Å². The van der Waals surface area contributed by atoms with Gasteiger partial charge < -0.3 is 4.57 Å². The van der Waals surface area contributed by atoms with Crippen LogP contribution in [0.15, 0.2) is 23.1 Å². The number of rotatable bonds is 6. The minimum Gasteiger partial charge on any atom is -0.327 e. The Morgan fingerprint density at radius 1 is 1.38 bits per heavy atom. The maximum Gasteiger partial charge on any atom is 0.177 e. The van der Waals surface area contributed by atoms with Crippen molar-refractivity contribution in [3.05, 3.63) is 24.0 Å². The van der Waals surface area contributed by atoms with Gasteiger partial charge in [-0.1, -0.05) is 18.9 Å². The van der Waals surface area contributed by atoms with Crippen LogP contribution >= 0.6 is 11.6 Å². The standard InChI is InChI=1S/C15H19ClN2O2S/c1-21(19,20)13-6-2-5-12-15(13)17-14(10-16)18(12)9-3-4-11-7-8-11/h2,5-6,11H,3-4,7-10H2,1H3. The summed E-state index contributed by atoms with van der Waals surface area (Å²) >= 11 is 5.99. The van der Waals surface area contributed by atoms with Crippen LogP contribution in [-0.4, -0.2) is 24.2 Å². The summed E-state index contributed by atoms with van der Waals surface area (Å²) in [6, 6.07) is 5.30. The Morgan fingerprint density at radius 3 is 2.76 bits per heavy atom. The summed E-state index contributed by atoms with van der Waals surface area (Å²) in [5, 5.41) is 0. The van der Waals surface area contributed by atoms with E-state index in [0.717, 1.165) is 30.2 Å². The van der Waals surface area contributed by atoms with Crippen LogP contribution in [0.1, 0.15) is 31.5 Å². The molecule has 4 nitrogen and oxygen atoms in total. The Bertz CT molecular complexity index is 763. The van der Waals surface area contributed by atoms with Crippen molar-refractivity contribution in [3.8, 4) is 0 Å². The molecule has 1 heterocycles. The van der Waals surface area contributed by atoms with Crippen molar-refractivity contribution in [2.24, 2.45) is 5.92 Å². The van der Waals surface area contributed by atoms with Gasteiger partial charge in [-0.3, -0.25) is 0 Å². The van der Waals surface area contributed by atoms with E-state index in [9.17, 15) is 8.42 Å². The first-order valence-corrected chi connectivity index (χ1v) is 9.67. The maximum atomic E-state index is 11.9. The van der Waals surface area contributed by atoms with Gasteiger partial charge in [-0.25, -0.2) is 13.4 Å². The monoisotopic (exact) mass is 326 g/mol. The van der Waals surface area contributed by atoms with Gasteiger partial charge in [-0.2, -0.15) is 0 Å². The number of hydrogen-bond donors (Lipinski definition) is 0. The van der Waals surface area contributed by atoms with Gasteiger partial charge in [-0.05, 0) is 30.9 Å². The fourth-order valence-corrected chi connectivity index (χ4v) is 3.80. The Morgan fingerprint density at radius 2 is 2.14 bits per heavy atom. The Kier molecular flexibility index (Phi) is 3.97. The average Bonchev–Trinajstić information content (AvgIpc) is 3.18. The van der Waals surface area contributed by atoms with Crippen molar-refractivity contribution in [2.75, 3.05) is 6.26 Å². The lowest BCUT2D eigenvalue weighted by Gasteiger charge is -2.07. The fraction of sp³-hybridized carbons (Fsp3) is 0.533. The van der Waals surface area contributed by atoms with Crippen molar-refractivity contribution < 1.29 is 8.42 Å². The minimum absolute atomic E-state index is 0.285. The topological polar surface area (TPSA) is 52.0 Å². The summed E-state index contributed by atoms with van der Waals surface area (Å²) < 4.78 is 25.8. The molecule has 0 radical (unpaired) electrons. The zero-order valence-corrected chi connectivity index (χ0v) is 13.6. The number of alkyl halides is 1. The molecule has 0 N–H and O–H groups in total. The molecule has 0 atom stereocenters. The number of aryl methyl sites for hydroxylation is 1. The third-order valence-electron chi connectivity index (χ3n) is 4.03. The first-order valence-electron chi connectivity index (χ1n) is 7.25. The van der Waals surface area contributed by atoms with E-state index in [-0.39, 0.29) is 4.90 Å². The number of fused-ring (bicyclic) bond motifs is 1. The highest BCUT2D eigenvalue weighted by atomic mass is 35.5. The van der Waals surface area contributed by atoms with Crippen LogP contribution in [0.25, 0.3) is 11.0 Å². The Labute approximate surface area is 130 Å². The lowest BCUT2D eigenvalue weighted by atomic mass is 10.2. The predicted octanol–water partition coefficient (Wildman–Crippen LogP) is 3.37. The molecule has 0 saturated heterocycles. The smallest absolute Gasteiger partial charge is 0.177 e. The van der Waals surface area contributed by atoms with Gasteiger partial charge in [0.15, 0.2) is 9.84 Å². The summed E-state index contributed by atoms with van der Waals surface area (Å²) in [6.45, 7) is 0.849. The molecular weight excluding hydrogens is 308 g/mol. The molecule has 1 aliphatic rings. The highest BCUT2D eigenvalue weighted by molar-refractivity contribution is 7.91. The molecule has 0 spiro atoms. The summed E-state index contributed by atoms with van der Waals surface area (Å²) in [5.41, 5.74) is 1.41. The molecule has 0 amide bonds. The number of para-hydroxylation sites is 1. The maximum absolute atomic E-state index is 11.9. The molecule has 0 aliphatic heterocycles. The molecule has 21 heavy (non-hydrogen) atoms. The molecule has 1 saturated carbocycles. The zero-order chi connectivity index (χ0) is 15.0. The van der Waals surface area contributed by atoms with E-state index in [1.165, 1.54) is 25.5 Å². The van der Waals surface area contributed by atoms with Crippen molar-refractivity contribution in [2.45, 2.75) is 43.0 Å². The van der Waals surface area contributed by atoms with E-state index in [4.69, 9.17) is 11.6 Å². The normalized spacial score (nSPS) is 15.7. The van der Waals surface area contributed by atoms with Crippen molar-refractivity contribution in [1.29, 1.82) is 0 Å². The second-order valence-corrected chi connectivity index (χ2v) is 8.05. The third kappa shape index (κ3) is 3.09. The first kappa shape index (κ1) is 14.9. The van der Waals surface area contributed by atoms with Gasteiger partial charge in [0.1, 0.15) is 11.3 Å². The molecule has 1 fully saturated rings. The van der Waals surface area contributed by atoms with Crippen molar-refractivity contribution >= 4 is 32.5 Å². The third-order valence-corrected chi connectivity index (χ3v) is 5.40. The molecule has 1 aromatic carbocycles. The molecule has 1 aromatic heterocycles. The second-order valence-electron chi connectivity index (χ2n) is 5.79. The number of halogens is 1. The number of aromatic nitrogens is 2. The van der Waals surface area contributed by atoms with Crippen LogP contribution in [0.2, 0.25) is 0 Å².